The van der Waals surface area contributed by atoms with Crippen molar-refractivity contribution in [2.24, 2.45) is 5.73 Å². The molecular weight excluding hydrogens is 158 g/mol. The Morgan fingerprint density at radius 3 is 2.69 bits per heavy atom. The van der Waals surface area contributed by atoms with Crippen LogP contribution in [0.15, 0.2) is 23.3 Å². The van der Waals surface area contributed by atoms with Gasteiger partial charge in [-0.2, -0.15) is 0 Å². The van der Waals surface area contributed by atoms with Gasteiger partial charge in [0.2, 0.25) is 0 Å². The number of hydrogen-bond acceptors (Lipinski definition) is 1. The normalized spacial score (nSPS) is 18.0. The minimum atomic E-state index is 0.772. The quantitative estimate of drug-likeness (QED) is 0.659. The first-order valence-corrected chi connectivity index (χ1v) is 5.36. The molecule has 1 saturated carbocycles. The molecule has 0 aromatic carbocycles. The van der Waals surface area contributed by atoms with E-state index < -0.39 is 0 Å². The molecule has 1 aliphatic carbocycles. The minimum Gasteiger partial charge on any atom is -0.330 e. The van der Waals surface area contributed by atoms with Crippen LogP contribution in [0.2, 0.25) is 0 Å². The Labute approximate surface area is 81.7 Å². The highest BCUT2D eigenvalue weighted by atomic mass is 14.5. The fraction of sp³-hybridized carbons (Fsp3) is 0.667. The largest absolute Gasteiger partial charge is 0.330 e. The van der Waals surface area contributed by atoms with Gasteiger partial charge in [-0.25, -0.2) is 0 Å². The summed E-state index contributed by atoms with van der Waals surface area (Å²) in [6, 6.07) is 0. The Morgan fingerprint density at radius 2 is 2.08 bits per heavy atom. The van der Waals surface area contributed by atoms with E-state index in [1.165, 1.54) is 31.3 Å². The van der Waals surface area contributed by atoms with Crippen LogP contribution in [0.3, 0.4) is 0 Å². The first kappa shape index (κ1) is 10.5. The highest BCUT2D eigenvalue weighted by Crippen LogP contribution is 2.24. The van der Waals surface area contributed by atoms with Crippen LogP contribution < -0.4 is 5.73 Å². The van der Waals surface area contributed by atoms with Gasteiger partial charge in [0.1, 0.15) is 0 Å². The predicted molar refractivity (Wildman–Crippen MR) is 58.6 cm³/mol. The molecule has 0 saturated heterocycles. The summed E-state index contributed by atoms with van der Waals surface area (Å²) in [6.07, 6.45) is 12.3. The lowest BCUT2D eigenvalue weighted by Crippen LogP contribution is -1.95. The van der Waals surface area contributed by atoms with Gasteiger partial charge >= 0.3 is 0 Å². The molecular formula is C12H21N. The van der Waals surface area contributed by atoms with Crippen LogP contribution >= 0.6 is 0 Å². The summed E-state index contributed by atoms with van der Waals surface area (Å²) in [6.45, 7) is 2.97. The lowest BCUT2D eigenvalue weighted by Gasteiger charge is -1.98. The number of allylic oxidation sites excluding steroid dienone is 3. The maximum atomic E-state index is 5.44. The molecule has 0 unspecified atom stereocenters. The Hall–Kier alpha value is -0.560. The van der Waals surface area contributed by atoms with Crippen molar-refractivity contribution in [3.8, 4) is 0 Å². The third kappa shape index (κ3) is 4.28. The number of hydrogen-bond donors (Lipinski definition) is 1. The number of nitrogens with two attached hydrogens (primary N) is 1. The molecule has 0 aliphatic heterocycles. The second-order valence-corrected chi connectivity index (χ2v) is 3.90. The van der Waals surface area contributed by atoms with Gasteiger partial charge in [-0.1, -0.05) is 23.3 Å². The second kappa shape index (κ2) is 5.98. The molecule has 1 nitrogen and oxygen atoms in total. The van der Waals surface area contributed by atoms with Gasteiger partial charge in [0.05, 0.1) is 0 Å². The molecule has 1 aliphatic rings. The molecule has 0 atom stereocenters. The van der Waals surface area contributed by atoms with Crippen LogP contribution in [0.5, 0.6) is 0 Å². The molecule has 1 rings (SSSR count). The summed E-state index contributed by atoms with van der Waals surface area (Å²) >= 11 is 0. The zero-order valence-corrected chi connectivity index (χ0v) is 8.68. The monoisotopic (exact) mass is 179 g/mol. The Balaban J connectivity index is 2.27. The van der Waals surface area contributed by atoms with E-state index in [0.717, 1.165) is 19.4 Å². The van der Waals surface area contributed by atoms with Gasteiger partial charge < -0.3 is 5.73 Å². The van der Waals surface area contributed by atoms with Gasteiger partial charge in [-0.05, 0) is 52.0 Å². The maximum Gasteiger partial charge on any atom is -0.00425 e. The first-order chi connectivity index (χ1) is 6.33. The van der Waals surface area contributed by atoms with Crippen LogP contribution in [0, 0.1) is 0 Å². The van der Waals surface area contributed by atoms with Crippen molar-refractivity contribution < 1.29 is 0 Å². The van der Waals surface area contributed by atoms with E-state index in [-0.39, 0.29) is 0 Å². The van der Waals surface area contributed by atoms with Gasteiger partial charge in [0.25, 0.3) is 0 Å². The highest BCUT2D eigenvalue weighted by Gasteiger charge is 2.04. The molecule has 0 spiro atoms. The topological polar surface area (TPSA) is 26.0 Å². The Bertz CT molecular complexity index is 193. The fourth-order valence-corrected chi connectivity index (χ4v) is 1.75. The molecule has 1 fully saturated rings. The number of rotatable bonds is 4. The molecule has 0 heterocycles. The zero-order chi connectivity index (χ0) is 9.52. The third-order valence-corrected chi connectivity index (χ3v) is 2.62. The van der Waals surface area contributed by atoms with Crippen LogP contribution in [-0.2, 0) is 0 Å². The molecule has 1 heteroatoms. The smallest absolute Gasteiger partial charge is 0.00425 e. The molecule has 74 valence electrons. The van der Waals surface area contributed by atoms with E-state index in [2.05, 4.69) is 19.1 Å². The SMILES string of the molecule is C/C(=C\CCN)CC=C1CCCC1. The van der Waals surface area contributed by atoms with Crippen LogP contribution in [0.25, 0.3) is 0 Å². The minimum absolute atomic E-state index is 0.772. The van der Waals surface area contributed by atoms with Crippen LogP contribution in [-0.4, -0.2) is 6.54 Å². The van der Waals surface area contributed by atoms with E-state index in [1.54, 1.807) is 5.57 Å². The fourth-order valence-electron chi connectivity index (χ4n) is 1.75. The average Bonchev–Trinajstić information content (AvgIpc) is 2.64. The predicted octanol–water partition coefficient (Wildman–Crippen LogP) is 3.17. The summed E-state index contributed by atoms with van der Waals surface area (Å²) < 4.78 is 0. The molecule has 0 radical (unpaired) electrons. The van der Waals surface area contributed by atoms with E-state index in [1.807, 2.05) is 0 Å². The van der Waals surface area contributed by atoms with Crippen molar-refractivity contribution in [1.29, 1.82) is 0 Å². The summed E-state index contributed by atoms with van der Waals surface area (Å²) in [7, 11) is 0. The summed E-state index contributed by atoms with van der Waals surface area (Å²) in [5.74, 6) is 0. The zero-order valence-electron chi connectivity index (χ0n) is 8.68. The van der Waals surface area contributed by atoms with Gasteiger partial charge in [0.15, 0.2) is 0 Å². The van der Waals surface area contributed by atoms with Crippen LogP contribution in [0.4, 0.5) is 0 Å². The Morgan fingerprint density at radius 1 is 1.38 bits per heavy atom. The summed E-state index contributed by atoms with van der Waals surface area (Å²) in [5, 5.41) is 0. The maximum absolute atomic E-state index is 5.44. The highest BCUT2D eigenvalue weighted by molar-refractivity contribution is 5.12. The second-order valence-electron chi connectivity index (χ2n) is 3.90. The van der Waals surface area contributed by atoms with Crippen molar-refractivity contribution in [2.45, 2.75) is 45.4 Å². The van der Waals surface area contributed by atoms with E-state index in [9.17, 15) is 0 Å². The van der Waals surface area contributed by atoms with Gasteiger partial charge in [-0.3, -0.25) is 0 Å². The molecule has 0 aromatic rings. The average molecular weight is 179 g/mol. The molecule has 0 aromatic heterocycles. The van der Waals surface area contributed by atoms with Crippen molar-refractivity contribution in [1.82, 2.24) is 0 Å². The van der Waals surface area contributed by atoms with Crippen molar-refractivity contribution in [3.63, 3.8) is 0 Å². The van der Waals surface area contributed by atoms with E-state index in [0.29, 0.717) is 0 Å². The van der Waals surface area contributed by atoms with Crippen molar-refractivity contribution in [3.05, 3.63) is 23.3 Å². The lowest BCUT2D eigenvalue weighted by molar-refractivity contribution is 0.886. The van der Waals surface area contributed by atoms with Crippen molar-refractivity contribution in [2.75, 3.05) is 6.54 Å². The summed E-state index contributed by atoms with van der Waals surface area (Å²) in [5.41, 5.74) is 8.57. The van der Waals surface area contributed by atoms with Crippen molar-refractivity contribution >= 4 is 0 Å². The molecule has 0 bridgehead atoms. The van der Waals surface area contributed by atoms with Crippen LogP contribution in [0.1, 0.15) is 45.4 Å². The standard InChI is InChI=1S/C12H21N/c1-11(5-4-10-13)8-9-12-6-2-3-7-12/h5,9H,2-4,6-8,10,13H2,1H3/b11-5+. The Kier molecular flexibility index (Phi) is 4.84. The van der Waals surface area contributed by atoms with Gasteiger partial charge in [0, 0.05) is 0 Å². The summed E-state index contributed by atoms with van der Waals surface area (Å²) in [4.78, 5) is 0. The molecule has 2 N–H and O–H groups in total. The van der Waals surface area contributed by atoms with E-state index >= 15 is 0 Å². The third-order valence-electron chi connectivity index (χ3n) is 2.62. The molecule has 0 amide bonds. The van der Waals surface area contributed by atoms with Gasteiger partial charge in [-0.15, -0.1) is 0 Å². The van der Waals surface area contributed by atoms with E-state index in [4.69, 9.17) is 5.73 Å². The first-order valence-electron chi connectivity index (χ1n) is 5.36. The lowest BCUT2D eigenvalue weighted by atomic mass is 10.1. The molecule has 13 heavy (non-hydrogen) atoms.